The first kappa shape index (κ1) is 10.5. The van der Waals surface area contributed by atoms with Crippen molar-refractivity contribution in [1.82, 2.24) is 9.97 Å². The Labute approximate surface area is 99.9 Å². The summed E-state index contributed by atoms with van der Waals surface area (Å²) in [6.07, 6.45) is 3.45. The molecule has 0 saturated carbocycles. The van der Waals surface area contributed by atoms with Gasteiger partial charge in [-0.25, -0.2) is 4.98 Å². The summed E-state index contributed by atoms with van der Waals surface area (Å²) in [5.41, 5.74) is 1.82. The van der Waals surface area contributed by atoms with Crippen molar-refractivity contribution in [2.45, 2.75) is 18.9 Å². The molecule has 17 heavy (non-hydrogen) atoms. The zero-order valence-corrected chi connectivity index (χ0v) is 9.58. The van der Waals surface area contributed by atoms with Crippen LogP contribution >= 0.6 is 0 Å². The number of aliphatic hydroxyl groups excluding tert-OH is 1. The highest BCUT2D eigenvalue weighted by Crippen LogP contribution is 2.19. The van der Waals surface area contributed by atoms with Gasteiger partial charge >= 0.3 is 0 Å². The predicted octanol–water partition coefficient (Wildman–Crippen LogP) is 1.59. The zero-order chi connectivity index (χ0) is 11.7. The first-order chi connectivity index (χ1) is 8.33. The Bertz CT molecular complexity index is 529. The average Bonchev–Trinajstić information content (AvgIpc) is 2.38. The Morgan fingerprint density at radius 3 is 2.88 bits per heavy atom. The second kappa shape index (κ2) is 4.30. The molecule has 0 unspecified atom stereocenters. The zero-order valence-electron chi connectivity index (χ0n) is 9.58. The molecule has 88 valence electrons. The highest BCUT2D eigenvalue weighted by Gasteiger charge is 2.19. The van der Waals surface area contributed by atoms with Crippen molar-refractivity contribution in [1.29, 1.82) is 0 Å². The number of β-amino-alcohol motifs (C(OH)–C–C–N with tert-alkyl or cyclic N) is 1. The monoisotopic (exact) mass is 229 g/mol. The molecule has 2 aromatic rings. The summed E-state index contributed by atoms with van der Waals surface area (Å²) in [6.45, 7) is 1.61. The molecule has 3 rings (SSSR count). The predicted molar refractivity (Wildman–Crippen MR) is 67.0 cm³/mol. The van der Waals surface area contributed by atoms with Crippen LogP contribution < -0.4 is 4.90 Å². The van der Waals surface area contributed by atoms with Gasteiger partial charge in [-0.1, -0.05) is 12.1 Å². The maximum Gasteiger partial charge on any atom is 0.147 e. The summed E-state index contributed by atoms with van der Waals surface area (Å²) in [6, 6.07) is 7.84. The topological polar surface area (TPSA) is 49.2 Å². The van der Waals surface area contributed by atoms with Gasteiger partial charge in [-0.05, 0) is 25.0 Å². The third-order valence-electron chi connectivity index (χ3n) is 3.16. The normalized spacial score (nSPS) is 20.8. The van der Waals surface area contributed by atoms with Gasteiger partial charge in [-0.3, -0.25) is 4.98 Å². The van der Waals surface area contributed by atoms with E-state index in [0.29, 0.717) is 6.54 Å². The van der Waals surface area contributed by atoms with E-state index in [2.05, 4.69) is 14.9 Å². The molecular formula is C13H15N3O. The smallest absolute Gasteiger partial charge is 0.147 e. The Hall–Kier alpha value is -1.68. The van der Waals surface area contributed by atoms with Gasteiger partial charge in [0.05, 0.1) is 23.3 Å². The van der Waals surface area contributed by atoms with Crippen molar-refractivity contribution in [2.24, 2.45) is 0 Å². The van der Waals surface area contributed by atoms with Crippen LogP contribution in [0, 0.1) is 0 Å². The molecule has 1 saturated heterocycles. The van der Waals surface area contributed by atoms with E-state index in [1.165, 1.54) is 0 Å². The van der Waals surface area contributed by atoms with Crippen molar-refractivity contribution in [3.8, 4) is 0 Å². The molecule has 0 bridgehead atoms. The Morgan fingerprint density at radius 1 is 1.24 bits per heavy atom. The maximum absolute atomic E-state index is 9.66. The van der Waals surface area contributed by atoms with E-state index >= 15 is 0 Å². The summed E-state index contributed by atoms with van der Waals surface area (Å²) in [7, 11) is 0. The minimum absolute atomic E-state index is 0.239. The van der Waals surface area contributed by atoms with E-state index in [1.807, 2.05) is 24.3 Å². The van der Waals surface area contributed by atoms with Gasteiger partial charge < -0.3 is 10.0 Å². The number of nitrogens with zero attached hydrogens (tertiary/aromatic N) is 3. The van der Waals surface area contributed by atoms with Gasteiger partial charge in [0.1, 0.15) is 5.82 Å². The maximum atomic E-state index is 9.66. The van der Waals surface area contributed by atoms with Crippen LogP contribution in [-0.4, -0.2) is 34.3 Å². The molecule has 1 aromatic heterocycles. The van der Waals surface area contributed by atoms with Crippen molar-refractivity contribution in [2.75, 3.05) is 18.0 Å². The fraction of sp³-hybridized carbons (Fsp3) is 0.385. The molecule has 1 N–H and O–H groups in total. The van der Waals surface area contributed by atoms with Crippen LogP contribution in [0.1, 0.15) is 12.8 Å². The van der Waals surface area contributed by atoms with Crippen molar-refractivity contribution >= 4 is 16.9 Å². The summed E-state index contributed by atoms with van der Waals surface area (Å²) >= 11 is 0. The van der Waals surface area contributed by atoms with Crippen LogP contribution in [0.3, 0.4) is 0 Å². The summed E-state index contributed by atoms with van der Waals surface area (Å²) in [5, 5.41) is 9.66. The molecule has 4 nitrogen and oxygen atoms in total. The number of anilines is 1. The Kier molecular flexibility index (Phi) is 2.65. The van der Waals surface area contributed by atoms with E-state index in [1.54, 1.807) is 6.20 Å². The van der Waals surface area contributed by atoms with Gasteiger partial charge in [0.25, 0.3) is 0 Å². The molecule has 2 heterocycles. The molecule has 1 atom stereocenters. The van der Waals surface area contributed by atoms with Crippen molar-refractivity contribution in [3.63, 3.8) is 0 Å². The fourth-order valence-electron chi connectivity index (χ4n) is 2.26. The minimum atomic E-state index is -0.239. The molecule has 1 aliphatic heterocycles. The van der Waals surface area contributed by atoms with Crippen LogP contribution in [0.25, 0.3) is 11.0 Å². The largest absolute Gasteiger partial charge is 0.391 e. The number of fused-ring (bicyclic) bond motifs is 1. The second-order valence-electron chi connectivity index (χ2n) is 4.46. The van der Waals surface area contributed by atoms with Crippen LogP contribution in [0.15, 0.2) is 30.5 Å². The molecule has 1 aromatic carbocycles. The van der Waals surface area contributed by atoms with E-state index in [-0.39, 0.29) is 6.10 Å². The number of rotatable bonds is 1. The molecule has 0 spiro atoms. The lowest BCUT2D eigenvalue weighted by atomic mass is 10.1. The number of hydrogen-bond donors (Lipinski definition) is 1. The summed E-state index contributed by atoms with van der Waals surface area (Å²) in [4.78, 5) is 11.1. The van der Waals surface area contributed by atoms with Gasteiger partial charge in [0.15, 0.2) is 0 Å². The number of hydrogen-bond acceptors (Lipinski definition) is 4. The lowest BCUT2D eigenvalue weighted by Crippen LogP contribution is -2.38. The SMILES string of the molecule is O[C@@H]1CCCN(c2cnc3ccccc3n2)C1. The van der Waals surface area contributed by atoms with E-state index < -0.39 is 0 Å². The molecule has 0 aliphatic carbocycles. The molecule has 1 fully saturated rings. The number of benzene rings is 1. The van der Waals surface area contributed by atoms with Crippen molar-refractivity contribution < 1.29 is 5.11 Å². The molecule has 4 heteroatoms. The van der Waals surface area contributed by atoms with E-state index in [9.17, 15) is 5.11 Å². The summed E-state index contributed by atoms with van der Waals surface area (Å²) in [5.74, 6) is 0.863. The number of aromatic nitrogens is 2. The molecule has 1 aliphatic rings. The molecular weight excluding hydrogens is 214 g/mol. The Balaban J connectivity index is 1.94. The standard InChI is InChI=1S/C13H15N3O/c17-10-4-3-7-16(9-10)13-8-14-11-5-1-2-6-12(11)15-13/h1-2,5-6,8,10,17H,3-4,7,9H2/t10-/m1/s1. The third-order valence-corrected chi connectivity index (χ3v) is 3.16. The lowest BCUT2D eigenvalue weighted by molar-refractivity contribution is 0.154. The summed E-state index contributed by atoms with van der Waals surface area (Å²) < 4.78 is 0. The van der Waals surface area contributed by atoms with Gasteiger partial charge in [-0.15, -0.1) is 0 Å². The number of para-hydroxylation sites is 2. The quantitative estimate of drug-likeness (QED) is 0.806. The first-order valence-corrected chi connectivity index (χ1v) is 5.98. The van der Waals surface area contributed by atoms with Crippen LogP contribution in [-0.2, 0) is 0 Å². The number of aliphatic hydroxyl groups is 1. The van der Waals surface area contributed by atoms with Crippen molar-refractivity contribution in [3.05, 3.63) is 30.5 Å². The molecule has 0 amide bonds. The van der Waals surface area contributed by atoms with Gasteiger partial charge in [-0.2, -0.15) is 0 Å². The lowest BCUT2D eigenvalue weighted by Gasteiger charge is -2.30. The highest BCUT2D eigenvalue weighted by atomic mass is 16.3. The highest BCUT2D eigenvalue weighted by molar-refractivity contribution is 5.75. The van der Waals surface area contributed by atoms with E-state index in [0.717, 1.165) is 36.2 Å². The second-order valence-corrected chi connectivity index (χ2v) is 4.46. The van der Waals surface area contributed by atoms with Gasteiger partial charge in [0.2, 0.25) is 0 Å². The van der Waals surface area contributed by atoms with Gasteiger partial charge in [0, 0.05) is 13.1 Å². The van der Waals surface area contributed by atoms with Crippen LogP contribution in [0.5, 0.6) is 0 Å². The van der Waals surface area contributed by atoms with E-state index in [4.69, 9.17) is 0 Å². The van der Waals surface area contributed by atoms with Crippen LogP contribution in [0.4, 0.5) is 5.82 Å². The average molecular weight is 229 g/mol. The fourth-order valence-corrected chi connectivity index (χ4v) is 2.26. The Morgan fingerprint density at radius 2 is 2.06 bits per heavy atom. The van der Waals surface area contributed by atoms with Crippen LogP contribution in [0.2, 0.25) is 0 Å². The number of piperidine rings is 1. The third kappa shape index (κ3) is 2.08. The molecule has 0 radical (unpaired) electrons. The minimum Gasteiger partial charge on any atom is -0.391 e. The first-order valence-electron chi connectivity index (χ1n) is 5.98.